The second-order valence-corrected chi connectivity index (χ2v) is 8.86. The number of sulfonamides is 1. The van der Waals surface area contributed by atoms with Gasteiger partial charge in [-0.3, -0.25) is 9.69 Å². The Labute approximate surface area is 167 Å². The van der Waals surface area contributed by atoms with Crippen molar-refractivity contribution in [1.29, 1.82) is 0 Å². The van der Waals surface area contributed by atoms with Crippen molar-refractivity contribution in [3.8, 4) is 5.75 Å². The number of nitrogens with two attached hydrogens (primary N) is 1. The van der Waals surface area contributed by atoms with Crippen LogP contribution in [0.25, 0.3) is 0 Å². The number of hydrogen-bond donors (Lipinski definition) is 2. The largest absolute Gasteiger partial charge is 0.480 e. The molecule has 0 radical (unpaired) electrons. The van der Waals surface area contributed by atoms with Crippen LogP contribution >= 0.6 is 0 Å². The lowest BCUT2D eigenvalue weighted by molar-refractivity contribution is -0.115. The highest BCUT2D eigenvalue weighted by Crippen LogP contribution is 2.52. The van der Waals surface area contributed by atoms with Crippen LogP contribution in [-0.4, -0.2) is 19.4 Å². The highest BCUT2D eigenvalue weighted by Gasteiger charge is 2.46. The summed E-state index contributed by atoms with van der Waals surface area (Å²) >= 11 is 0. The summed E-state index contributed by atoms with van der Waals surface area (Å²) in [5.41, 5.74) is 3.58. The predicted octanol–water partition coefficient (Wildman–Crippen LogP) is 3.06. The molecule has 7 nitrogen and oxygen atoms in total. The number of nitrogens with zero attached hydrogens (tertiary/aromatic N) is 1. The Bertz CT molecular complexity index is 1210. The van der Waals surface area contributed by atoms with Gasteiger partial charge in [-0.15, -0.1) is 0 Å². The van der Waals surface area contributed by atoms with Crippen molar-refractivity contribution in [2.75, 3.05) is 4.90 Å². The summed E-state index contributed by atoms with van der Waals surface area (Å²) in [5, 5.41) is 15.7. The minimum absolute atomic E-state index is 0.0267. The maximum absolute atomic E-state index is 13.5. The predicted molar refractivity (Wildman–Crippen MR) is 106 cm³/mol. The van der Waals surface area contributed by atoms with Crippen molar-refractivity contribution < 1.29 is 23.1 Å². The zero-order chi connectivity index (χ0) is 20.3. The van der Waals surface area contributed by atoms with E-state index in [4.69, 9.17) is 9.88 Å². The average molecular weight is 410 g/mol. The number of ether oxygens (including phenoxy) is 1. The van der Waals surface area contributed by atoms with Gasteiger partial charge in [0.15, 0.2) is 0 Å². The van der Waals surface area contributed by atoms with Crippen LogP contribution < -0.4 is 14.8 Å². The standard InChI is InChI=1S/C21H18N2O5S/c22-29(26,27)13-10-8-12(9-11-13)23-16-6-3-5-14(16)18-15-4-1-2-7-17(15)28-21(25)19(18)20(23)24/h1-2,4,7-11,18,25H,3,5-6H2,(H2,22,26,27). The lowest BCUT2D eigenvalue weighted by atomic mass is 9.79. The number of carbonyl (C=O) groups excluding carboxylic acids is 1. The van der Waals surface area contributed by atoms with E-state index < -0.39 is 10.0 Å². The molecule has 2 aromatic carbocycles. The van der Waals surface area contributed by atoms with Gasteiger partial charge >= 0.3 is 0 Å². The third-order valence-corrected chi connectivity index (χ3v) is 6.59. The molecule has 0 fully saturated rings. The van der Waals surface area contributed by atoms with E-state index in [-0.39, 0.29) is 28.2 Å². The molecule has 0 saturated carbocycles. The van der Waals surface area contributed by atoms with Crippen molar-refractivity contribution in [2.24, 2.45) is 5.14 Å². The van der Waals surface area contributed by atoms with Crippen LogP contribution in [0.3, 0.4) is 0 Å². The van der Waals surface area contributed by atoms with Crippen molar-refractivity contribution in [2.45, 2.75) is 30.1 Å². The molecule has 5 rings (SSSR count). The van der Waals surface area contributed by atoms with E-state index in [2.05, 4.69) is 0 Å². The molecule has 148 valence electrons. The SMILES string of the molecule is NS(=O)(=O)c1ccc(N2C(=O)C3=C(O)Oc4ccccc4C3C3=C2CCC3)cc1. The molecule has 2 aromatic rings. The van der Waals surface area contributed by atoms with Crippen LogP contribution in [0.2, 0.25) is 0 Å². The summed E-state index contributed by atoms with van der Waals surface area (Å²) < 4.78 is 28.6. The van der Waals surface area contributed by atoms with Gasteiger partial charge in [0, 0.05) is 22.9 Å². The number of amides is 1. The Balaban J connectivity index is 1.68. The number of benzene rings is 2. The average Bonchev–Trinajstić information content (AvgIpc) is 3.16. The molecule has 0 bridgehead atoms. The van der Waals surface area contributed by atoms with Gasteiger partial charge in [-0.25, -0.2) is 13.6 Å². The molecule has 8 heteroatoms. The van der Waals surface area contributed by atoms with Gasteiger partial charge in [-0.2, -0.15) is 0 Å². The van der Waals surface area contributed by atoms with Gasteiger partial charge in [-0.05, 0) is 55.2 Å². The summed E-state index contributed by atoms with van der Waals surface area (Å²) in [4.78, 5) is 15.0. The quantitative estimate of drug-likeness (QED) is 0.791. The second kappa shape index (κ2) is 6.20. The fraction of sp³-hybridized carbons (Fsp3) is 0.190. The normalized spacial score (nSPS) is 20.9. The molecule has 1 aliphatic carbocycles. The van der Waals surface area contributed by atoms with Crippen LogP contribution in [0.15, 0.2) is 76.2 Å². The Kier molecular flexibility index (Phi) is 3.84. The van der Waals surface area contributed by atoms with Crippen molar-refractivity contribution in [3.05, 3.63) is 76.9 Å². The molecule has 2 heterocycles. The molecule has 3 N–H and O–H groups in total. The van der Waals surface area contributed by atoms with E-state index in [0.29, 0.717) is 11.4 Å². The zero-order valence-corrected chi connectivity index (χ0v) is 16.1. The number of primary sulfonamides is 1. The lowest BCUT2D eigenvalue weighted by Crippen LogP contribution is -2.40. The van der Waals surface area contributed by atoms with Crippen LogP contribution in [-0.2, 0) is 14.8 Å². The molecule has 0 aromatic heterocycles. The van der Waals surface area contributed by atoms with Crippen molar-refractivity contribution in [3.63, 3.8) is 0 Å². The Morgan fingerprint density at radius 1 is 1.07 bits per heavy atom. The number of anilines is 1. The third kappa shape index (κ3) is 2.67. The summed E-state index contributed by atoms with van der Waals surface area (Å²) in [6.07, 6.45) is 2.44. The van der Waals surface area contributed by atoms with E-state index in [1.807, 2.05) is 18.2 Å². The Hall–Kier alpha value is -3.10. The number of aliphatic hydroxyl groups excluding tert-OH is 1. The van der Waals surface area contributed by atoms with E-state index in [1.165, 1.54) is 12.1 Å². The molecule has 1 unspecified atom stereocenters. The number of hydrogen-bond acceptors (Lipinski definition) is 5. The molecular weight excluding hydrogens is 392 g/mol. The lowest BCUT2D eigenvalue weighted by Gasteiger charge is -2.38. The summed E-state index contributed by atoms with van der Waals surface area (Å²) in [6.45, 7) is 0. The fourth-order valence-corrected chi connectivity index (χ4v) is 4.96. The van der Waals surface area contributed by atoms with Gasteiger partial charge in [0.05, 0.1) is 4.90 Å². The highest BCUT2D eigenvalue weighted by molar-refractivity contribution is 7.89. The molecule has 29 heavy (non-hydrogen) atoms. The van der Waals surface area contributed by atoms with Crippen LogP contribution in [0.5, 0.6) is 5.75 Å². The summed E-state index contributed by atoms with van der Waals surface area (Å²) in [7, 11) is -3.83. The number of aliphatic hydroxyl groups is 1. The fourth-order valence-electron chi connectivity index (χ4n) is 4.45. The number of rotatable bonds is 2. The van der Waals surface area contributed by atoms with Gasteiger partial charge in [0.2, 0.25) is 10.0 Å². The molecule has 1 amide bonds. The first kappa shape index (κ1) is 18.0. The molecule has 2 aliphatic heterocycles. The summed E-state index contributed by atoms with van der Waals surface area (Å²) in [6, 6.07) is 13.3. The minimum Gasteiger partial charge on any atom is -0.480 e. The maximum atomic E-state index is 13.5. The molecule has 3 aliphatic rings. The van der Waals surface area contributed by atoms with Crippen LogP contribution in [0.1, 0.15) is 30.7 Å². The Morgan fingerprint density at radius 3 is 2.52 bits per heavy atom. The van der Waals surface area contributed by atoms with E-state index in [0.717, 1.165) is 36.1 Å². The number of para-hydroxylation sites is 1. The smallest absolute Gasteiger partial charge is 0.292 e. The van der Waals surface area contributed by atoms with Gasteiger partial charge < -0.3 is 9.84 Å². The van der Waals surface area contributed by atoms with Crippen LogP contribution in [0.4, 0.5) is 5.69 Å². The minimum atomic E-state index is -3.83. The Morgan fingerprint density at radius 2 is 1.79 bits per heavy atom. The molecule has 0 spiro atoms. The van der Waals surface area contributed by atoms with E-state index in [1.54, 1.807) is 23.1 Å². The van der Waals surface area contributed by atoms with E-state index >= 15 is 0 Å². The van der Waals surface area contributed by atoms with Gasteiger partial charge in [-0.1, -0.05) is 18.2 Å². The zero-order valence-electron chi connectivity index (χ0n) is 15.3. The topological polar surface area (TPSA) is 110 Å². The highest BCUT2D eigenvalue weighted by atomic mass is 32.2. The second-order valence-electron chi connectivity index (χ2n) is 7.30. The number of carbonyl (C=O) groups is 1. The third-order valence-electron chi connectivity index (χ3n) is 5.66. The van der Waals surface area contributed by atoms with Crippen LogP contribution in [0, 0.1) is 0 Å². The first-order valence-electron chi connectivity index (χ1n) is 9.25. The molecular formula is C21H18N2O5S. The summed E-state index contributed by atoms with van der Waals surface area (Å²) in [5.74, 6) is -0.532. The maximum Gasteiger partial charge on any atom is 0.292 e. The first-order chi connectivity index (χ1) is 13.9. The van der Waals surface area contributed by atoms with Gasteiger partial charge in [0.25, 0.3) is 11.9 Å². The number of fused-ring (bicyclic) bond motifs is 4. The van der Waals surface area contributed by atoms with E-state index in [9.17, 15) is 18.3 Å². The van der Waals surface area contributed by atoms with Gasteiger partial charge in [0.1, 0.15) is 11.3 Å². The monoisotopic (exact) mass is 410 g/mol. The number of allylic oxidation sites excluding steroid dienone is 2. The van der Waals surface area contributed by atoms with Crippen molar-refractivity contribution in [1.82, 2.24) is 0 Å². The van der Waals surface area contributed by atoms with Crippen molar-refractivity contribution >= 4 is 21.6 Å². The molecule has 0 saturated heterocycles. The molecule has 1 atom stereocenters. The first-order valence-corrected chi connectivity index (χ1v) is 10.8.